The lowest BCUT2D eigenvalue weighted by molar-refractivity contribution is 0.0417. The number of rotatable bonds is 6. The van der Waals surface area contributed by atoms with Crippen LogP contribution in [0.15, 0.2) is 54.6 Å². The van der Waals surface area contributed by atoms with Gasteiger partial charge in [0.1, 0.15) is 5.75 Å². The normalized spacial score (nSPS) is 17.3. The van der Waals surface area contributed by atoms with Crippen LogP contribution in [-0.2, 0) is 13.0 Å². The number of hydrogen-bond acceptors (Lipinski definition) is 4. The lowest BCUT2D eigenvalue weighted by Gasteiger charge is -2.41. The summed E-state index contributed by atoms with van der Waals surface area (Å²) in [7, 11) is 1.69. The number of benzene rings is 2. The highest BCUT2D eigenvalue weighted by Gasteiger charge is 2.34. The number of likely N-dealkylation sites (tertiary alicyclic amines) is 1. The van der Waals surface area contributed by atoms with Gasteiger partial charge in [-0.3, -0.25) is 4.90 Å². The highest BCUT2D eigenvalue weighted by molar-refractivity contribution is 7.19. The first kappa shape index (κ1) is 18.5. The van der Waals surface area contributed by atoms with Gasteiger partial charge in [0.2, 0.25) is 0 Å². The van der Waals surface area contributed by atoms with Crippen LogP contribution < -0.4 is 4.74 Å². The van der Waals surface area contributed by atoms with Crippen molar-refractivity contribution in [2.45, 2.75) is 25.8 Å². The zero-order chi connectivity index (χ0) is 18.7. The fraction of sp³-hybridized carbons (Fsp3) is 0.391. The predicted molar refractivity (Wildman–Crippen MR) is 113 cm³/mol. The van der Waals surface area contributed by atoms with E-state index in [1.54, 1.807) is 7.11 Å². The zero-order valence-corrected chi connectivity index (χ0v) is 16.7. The molecular formula is C23H27NO2S. The van der Waals surface area contributed by atoms with Crippen LogP contribution in [0.3, 0.4) is 0 Å². The highest BCUT2D eigenvalue weighted by Crippen LogP contribution is 2.36. The Hall–Kier alpha value is -1.88. The van der Waals surface area contributed by atoms with E-state index in [1.165, 1.54) is 20.5 Å². The fourth-order valence-electron chi connectivity index (χ4n) is 4.09. The van der Waals surface area contributed by atoms with Crippen molar-refractivity contribution in [1.82, 2.24) is 4.90 Å². The molecule has 0 amide bonds. The van der Waals surface area contributed by atoms with Gasteiger partial charge < -0.3 is 9.84 Å². The van der Waals surface area contributed by atoms with E-state index in [0.29, 0.717) is 0 Å². The molecule has 1 aromatic heterocycles. The minimum atomic E-state index is 0.00521. The Balaban J connectivity index is 1.38. The van der Waals surface area contributed by atoms with E-state index in [1.807, 2.05) is 23.5 Å². The third-order valence-electron chi connectivity index (χ3n) is 5.85. The Morgan fingerprint density at radius 3 is 2.48 bits per heavy atom. The largest absolute Gasteiger partial charge is 0.497 e. The molecule has 0 radical (unpaired) electrons. The molecule has 1 saturated heterocycles. The molecule has 1 aliphatic heterocycles. The van der Waals surface area contributed by atoms with E-state index in [-0.39, 0.29) is 12.0 Å². The number of aliphatic hydroxyl groups excluding tert-OH is 1. The van der Waals surface area contributed by atoms with Crippen LogP contribution in [0.25, 0.3) is 10.1 Å². The number of piperidine rings is 1. The predicted octanol–water partition coefficient (Wildman–Crippen LogP) is 4.73. The number of aliphatic hydroxyl groups is 1. The molecule has 1 fully saturated rings. The van der Waals surface area contributed by atoms with Crippen molar-refractivity contribution in [2.75, 3.05) is 26.8 Å². The summed E-state index contributed by atoms with van der Waals surface area (Å²) in [5.74, 6) is 0.884. The molecule has 0 unspecified atom stereocenters. The second-order valence-electron chi connectivity index (χ2n) is 7.71. The number of hydrogen-bond donors (Lipinski definition) is 1. The SMILES string of the molecule is COc1ccc(CC2(CO)CCN(Cc3cc4ccccc4s3)CC2)cc1. The molecule has 4 rings (SSSR count). The van der Waals surface area contributed by atoms with Crippen molar-refractivity contribution in [3.8, 4) is 5.75 Å². The zero-order valence-electron chi connectivity index (χ0n) is 15.9. The molecule has 1 aliphatic rings. The van der Waals surface area contributed by atoms with Crippen LogP contribution in [0.2, 0.25) is 0 Å². The summed E-state index contributed by atoms with van der Waals surface area (Å²) in [6.07, 6.45) is 3.02. The maximum atomic E-state index is 10.1. The van der Waals surface area contributed by atoms with E-state index in [2.05, 4.69) is 47.4 Å². The van der Waals surface area contributed by atoms with Crippen LogP contribution in [-0.4, -0.2) is 36.8 Å². The summed E-state index contributed by atoms with van der Waals surface area (Å²) in [6.45, 7) is 3.37. The van der Waals surface area contributed by atoms with Crippen LogP contribution in [0.4, 0.5) is 0 Å². The number of fused-ring (bicyclic) bond motifs is 1. The molecule has 2 aromatic carbocycles. The Bertz CT molecular complexity index is 846. The van der Waals surface area contributed by atoms with Crippen molar-refractivity contribution >= 4 is 21.4 Å². The van der Waals surface area contributed by atoms with Gasteiger partial charge in [-0.05, 0) is 73.0 Å². The first-order valence-corrected chi connectivity index (χ1v) is 10.4. The molecule has 0 saturated carbocycles. The smallest absolute Gasteiger partial charge is 0.118 e. The fourth-order valence-corrected chi connectivity index (χ4v) is 5.19. The van der Waals surface area contributed by atoms with Gasteiger partial charge in [-0.2, -0.15) is 0 Å². The molecule has 142 valence electrons. The molecule has 0 aliphatic carbocycles. The summed E-state index contributed by atoms with van der Waals surface area (Å²) in [6, 6.07) is 19.2. The van der Waals surface area contributed by atoms with E-state index in [4.69, 9.17) is 4.74 Å². The topological polar surface area (TPSA) is 32.7 Å². The third-order valence-corrected chi connectivity index (χ3v) is 6.95. The molecule has 3 nitrogen and oxygen atoms in total. The Morgan fingerprint density at radius 2 is 1.81 bits per heavy atom. The number of thiophene rings is 1. The first-order chi connectivity index (χ1) is 13.2. The van der Waals surface area contributed by atoms with Gasteiger partial charge in [0.15, 0.2) is 0 Å². The summed E-state index contributed by atoms with van der Waals surface area (Å²) in [5.41, 5.74) is 1.29. The number of methoxy groups -OCH3 is 1. The van der Waals surface area contributed by atoms with Crippen molar-refractivity contribution < 1.29 is 9.84 Å². The Morgan fingerprint density at radius 1 is 1.07 bits per heavy atom. The maximum absolute atomic E-state index is 10.1. The highest BCUT2D eigenvalue weighted by atomic mass is 32.1. The summed E-state index contributed by atoms with van der Waals surface area (Å²) < 4.78 is 6.62. The van der Waals surface area contributed by atoms with Gasteiger partial charge in [-0.15, -0.1) is 11.3 Å². The van der Waals surface area contributed by atoms with Crippen LogP contribution in [0, 0.1) is 5.41 Å². The van der Waals surface area contributed by atoms with Gasteiger partial charge >= 0.3 is 0 Å². The maximum Gasteiger partial charge on any atom is 0.118 e. The first-order valence-electron chi connectivity index (χ1n) is 9.63. The molecule has 2 heterocycles. The van der Waals surface area contributed by atoms with Crippen molar-refractivity contribution in [3.63, 3.8) is 0 Å². The average Bonchev–Trinajstić information content (AvgIpc) is 3.12. The van der Waals surface area contributed by atoms with Crippen molar-refractivity contribution in [3.05, 3.63) is 65.0 Å². The minimum absolute atomic E-state index is 0.00521. The monoisotopic (exact) mass is 381 g/mol. The average molecular weight is 382 g/mol. The lowest BCUT2D eigenvalue weighted by atomic mass is 9.74. The second-order valence-corrected chi connectivity index (χ2v) is 8.88. The van der Waals surface area contributed by atoms with E-state index in [0.717, 1.165) is 44.6 Å². The van der Waals surface area contributed by atoms with Crippen LogP contribution >= 0.6 is 11.3 Å². The van der Waals surface area contributed by atoms with Crippen molar-refractivity contribution in [2.24, 2.45) is 5.41 Å². The summed E-state index contributed by atoms with van der Waals surface area (Å²) >= 11 is 1.90. The standard InChI is InChI=1S/C23H27NO2S/c1-26-20-8-6-18(7-9-20)15-23(17-25)10-12-24(13-11-23)16-21-14-19-4-2-3-5-22(19)27-21/h2-9,14,25H,10-13,15-17H2,1H3. The molecular weight excluding hydrogens is 354 g/mol. The van der Waals surface area contributed by atoms with Gasteiger partial charge in [-0.1, -0.05) is 30.3 Å². The van der Waals surface area contributed by atoms with Crippen LogP contribution in [0.1, 0.15) is 23.3 Å². The quantitative estimate of drug-likeness (QED) is 0.670. The molecule has 0 spiro atoms. The van der Waals surface area contributed by atoms with E-state index >= 15 is 0 Å². The van der Waals surface area contributed by atoms with Gasteiger partial charge in [0, 0.05) is 22.7 Å². The molecule has 0 atom stereocenters. The molecule has 1 N–H and O–H groups in total. The van der Waals surface area contributed by atoms with Crippen molar-refractivity contribution in [1.29, 1.82) is 0 Å². The molecule has 4 heteroatoms. The molecule has 3 aromatic rings. The molecule has 0 bridgehead atoms. The summed E-state index contributed by atoms with van der Waals surface area (Å²) in [4.78, 5) is 3.97. The van der Waals surface area contributed by atoms with Gasteiger partial charge in [0.25, 0.3) is 0 Å². The third kappa shape index (κ3) is 4.18. The van der Waals surface area contributed by atoms with Gasteiger partial charge in [0.05, 0.1) is 7.11 Å². The lowest BCUT2D eigenvalue weighted by Crippen LogP contribution is -2.42. The number of ether oxygens (including phenoxy) is 1. The number of nitrogens with zero attached hydrogens (tertiary/aromatic N) is 1. The Labute approximate surface area is 165 Å². The van der Waals surface area contributed by atoms with Crippen LogP contribution in [0.5, 0.6) is 5.75 Å². The van der Waals surface area contributed by atoms with E-state index < -0.39 is 0 Å². The summed E-state index contributed by atoms with van der Waals surface area (Å²) in [5, 5.41) is 11.5. The van der Waals surface area contributed by atoms with E-state index in [9.17, 15) is 5.11 Å². The Kier molecular flexibility index (Phi) is 5.48. The molecule has 27 heavy (non-hydrogen) atoms. The minimum Gasteiger partial charge on any atom is -0.497 e. The van der Waals surface area contributed by atoms with Gasteiger partial charge in [-0.25, -0.2) is 0 Å². The second kappa shape index (κ2) is 8.01.